The van der Waals surface area contributed by atoms with Gasteiger partial charge in [-0.1, -0.05) is 12.1 Å². The van der Waals surface area contributed by atoms with Crippen molar-refractivity contribution < 1.29 is 19.0 Å². The predicted octanol–water partition coefficient (Wildman–Crippen LogP) is 3.60. The molecule has 132 valence electrons. The van der Waals surface area contributed by atoms with Crippen LogP contribution in [0, 0.1) is 0 Å². The van der Waals surface area contributed by atoms with E-state index in [-0.39, 0.29) is 12.5 Å². The maximum absolute atomic E-state index is 12.3. The molecule has 0 fully saturated rings. The van der Waals surface area contributed by atoms with E-state index in [0.717, 1.165) is 18.6 Å². The molecule has 0 spiro atoms. The Hall–Kier alpha value is -2.69. The summed E-state index contributed by atoms with van der Waals surface area (Å²) in [5.74, 6) is 1.80. The van der Waals surface area contributed by atoms with Gasteiger partial charge in [-0.25, -0.2) is 0 Å². The summed E-state index contributed by atoms with van der Waals surface area (Å²) in [6.07, 6.45) is 4.48. The average molecular weight is 341 g/mol. The molecule has 2 aromatic rings. The van der Waals surface area contributed by atoms with Crippen LogP contribution < -0.4 is 19.5 Å². The van der Waals surface area contributed by atoms with Crippen LogP contribution in [0.5, 0.6) is 17.2 Å². The molecule has 1 N–H and O–H groups in total. The fourth-order valence-corrected chi connectivity index (χ4v) is 3.11. The quantitative estimate of drug-likeness (QED) is 0.872. The summed E-state index contributed by atoms with van der Waals surface area (Å²) in [6, 6.07) is 11.3. The molecule has 5 heteroatoms. The minimum atomic E-state index is -0.225. The number of hydrogen-bond donors (Lipinski definition) is 1. The van der Waals surface area contributed by atoms with Crippen LogP contribution in [0.2, 0.25) is 0 Å². The second-order valence-corrected chi connectivity index (χ2v) is 6.00. The SMILES string of the molecule is COc1ccc(NC(=O)COc2cccc3c2CCCC3)c(OC)c1. The van der Waals surface area contributed by atoms with Gasteiger partial charge >= 0.3 is 0 Å². The number of anilines is 1. The molecule has 0 radical (unpaired) electrons. The maximum atomic E-state index is 12.3. The number of amides is 1. The number of aryl methyl sites for hydroxylation is 1. The van der Waals surface area contributed by atoms with Crippen LogP contribution in [0.25, 0.3) is 0 Å². The minimum absolute atomic E-state index is 0.0361. The third-order valence-electron chi connectivity index (χ3n) is 4.39. The molecule has 5 nitrogen and oxygen atoms in total. The number of fused-ring (bicyclic) bond motifs is 1. The van der Waals surface area contributed by atoms with E-state index in [0.29, 0.717) is 17.2 Å². The topological polar surface area (TPSA) is 56.8 Å². The van der Waals surface area contributed by atoms with E-state index in [1.54, 1.807) is 32.4 Å². The largest absolute Gasteiger partial charge is 0.497 e. The van der Waals surface area contributed by atoms with Crippen LogP contribution in [0.15, 0.2) is 36.4 Å². The van der Waals surface area contributed by atoms with E-state index in [4.69, 9.17) is 14.2 Å². The van der Waals surface area contributed by atoms with Crippen LogP contribution in [0.1, 0.15) is 24.0 Å². The fourth-order valence-electron chi connectivity index (χ4n) is 3.11. The van der Waals surface area contributed by atoms with Crippen molar-refractivity contribution in [2.24, 2.45) is 0 Å². The molecule has 25 heavy (non-hydrogen) atoms. The van der Waals surface area contributed by atoms with Gasteiger partial charge < -0.3 is 19.5 Å². The first-order valence-corrected chi connectivity index (χ1v) is 8.46. The fraction of sp³-hybridized carbons (Fsp3) is 0.350. The van der Waals surface area contributed by atoms with E-state index >= 15 is 0 Å². The highest BCUT2D eigenvalue weighted by Gasteiger charge is 2.15. The molecule has 3 rings (SSSR count). The highest BCUT2D eigenvalue weighted by atomic mass is 16.5. The van der Waals surface area contributed by atoms with Gasteiger partial charge in [0.1, 0.15) is 17.2 Å². The molecule has 1 amide bonds. The standard InChI is InChI=1S/C20H23NO4/c1-23-15-10-11-17(19(12-15)24-2)21-20(22)13-25-18-9-5-7-14-6-3-4-8-16(14)18/h5,7,9-12H,3-4,6,8,13H2,1-2H3,(H,21,22). The molecule has 0 atom stereocenters. The zero-order valence-electron chi connectivity index (χ0n) is 14.6. The molecule has 0 heterocycles. The Morgan fingerprint density at radius 2 is 1.88 bits per heavy atom. The first-order valence-electron chi connectivity index (χ1n) is 8.46. The third-order valence-corrected chi connectivity index (χ3v) is 4.39. The second kappa shape index (κ2) is 7.92. The average Bonchev–Trinajstić information content (AvgIpc) is 2.66. The molecule has 0 saturated heterocycles. The summed E-state index contributed by atoms with van der Waals surface area (Å²) in [5, 5.41) is 2.82. The lowest BCUT2D eigenvalue weighted by atomic mass is 9.91. The van der Waals surface area contributed by atoms with E-state index < -0.39 is 0 Å². The predicted molar refractivity (Wildman–Crippen MR) is 96.8 cm³/mol. The van der Waals surface area contributed by atoms with E-state index in [9.17, 15) is 4.79 Å². The van der Waals surface area contributed by atoms with E-state index in [1.807, 2.05) is 12.1 Å². The normalized spacial score (nSPS) is 12.9. The lowest BCUT2D eigenvalue weighted by Gasteiger charge is -2.19. The number of hydrogen-bond acceptors (Lipinski definition) is 4. The van der Waals surface area contributed by atoms with Crippen molar-refractivity contribution in [2.75, 3.05) is 26.1 Å². The molecule has 0 aromatic heterocycles. The van der Waals surface area contributed by atoms with Gasteiger partial charge in [0.25, 0.3) is 5.91 Å². The molecule has 0 unspecified atom stereocenters. The Bertz CT molecular complexity index is 757. The van der Waals surface area contributed by atoms with Crippen molar-refractivity contribution in [3.8, 4) is 17.2 Å². The van der Waals surface area contributed by atoms with Crippen LogP contribution in [0.3, 0.4) is 0 Å². The Morgan fingerprint density at radius 3 is 2.68 bits per heavy atom. The van der Waals surface area contributed by atoms with Crippen molar-refractivity contribution in [3.63, 3.8) is 0 Å². The van der Waals surface area contributed by atoms with Crippen LogP contribution >= 0.6 is 0 Å². The number of benzene rings is 2. The molecular formula is C20H23NO4. The summed E-state index contributed by atoms with van der Waals surface area (Å²) in [4.78, 5) is 12.3. The van der Waals surface area contributed by atoms with E-state index in [1.165, 1.54) is 24.0 Å². The highest BCUT2D eigenvalue weighted by molar-refractivity contribution is 5.93. The Morgan fingerprint density at radius 1 is 1.04 bits per heavy atom. The molecule has 0 aliphatic heterocycles. The number of carbonyl (C=O) groups excluding carboxylic acids is 1. The van der Waals surface area contributed by atoms with Gasteiger partial charge in [0.2, 0.25) is 0 Å². The van der Waals surface area contributed by atoms with Crippen molar-refractivity contribution in [2.45, 2.75) is 25.7 Å². The lowest BCUT2D eigenvalue weighted by molar-refractivity contribution is -0.118. The number of carbonyl (C=O) groups is 1. The molecule has 2 aromatic carbocycles. The second-order valence-electron chi connectivity index (χ2n) is 6.00. The third kappa shape index (κ3) is 4.05. The number of rotatable bonds is 6. The number of methoxy groups -OCH3 is 2. The van der Waals surface area contributed by atoms with Gasteiger partial charge in [0, 0.05) is 6.07 Å². The maximum Gasteiger partial charge on any atom is 0.262 e. The molecule has 0 bridgehead atoms. The molecular weight excluding hydrogens is 318 g/mol. The van der Waals surface area contributed by atoms with Gasteiger partial charge in [0.15, 0.2) is 6.61 Å². The smallest absolute Gasteiger partial charge is 0.262 e. The van der Waals surface area contributed by atoms with Gasteiger partial charge in [0.05, 0.1) is 19.9 Å². The lowest BCUT2D eigenvalue weighted by Crippen LogP contribution is -2.21. The van der Waals surface area contributed by atoms with Gasteiger partial charge in [-0.3, -0.25) is 4.79 Å². The van der Waals surface area contributed by atoms with Gasteiger partial charge in [-0.05, 0) is 55.0 Å². The Kier molecular flexibility index (Phi) is 5.43. The van der Waals surface area contributed by atoms with Gasteiger partial charge in [-0.2, -0.15) is 0 Å². The number of ether oxygens (including phenoxy) is 3. The Balaban J connectivity index is 1.64. The monoisotopic (exact) mass is 341 g/mol. The van der Waals surface area contributed by atoms with Crippen molar-refractivity contribution in [3.05, 3.63) is 47.5 Å². The van der Waals surface area contributed by atoms with Crippen molar-refractivity contribution in [1.29, 1.82) is 0 Å². The molecule has 1 aliphatic rings. The number of nitrogens with one attached hydrogen (secondary N) is 1. The molecule has 1 aliphatic carbocycles. The van der Waals surface area contributed by atoms with Crippen LogP contribution in [-0.4, -0.2) is 26.7 Å². The van der Waals surface area contributed by atoms with E-state index in [2.05, 4.69) is 11.4 Å². The summed E-state index contributed by atoms with van der Waals surface area (Å²) in [5.41, 5.74) is 3.16. The highest BCUT2D eigenvalue weighted by Crippen LogP contribution is 2.30. The minimum Gasteiger partial charge on any atom is -0.497 e. The van der Waals surface area contributed by atoms with Crippen LogP contribution in [-0.2, 0) is 17.6 Å². The first kappa shape index (κ1) is 17.1. The summed E-state index contributed by atoms with van der Waals surface area (Å²) < 4.78 is 16.2. The summed E-state index contributed by atoms with van der Waals surface area (Å²) in [7, 11) is 3.14. The summed E-state index contributed by atoms with van der Waals surface area (Å²) in [6.45, 7) is -0.0361. The zero-order valence-corrected chi connectivity index (χ0v) is 14.6. The van der Waals surface area contributed by atoms with Crippen molar-refractivity contribution in [1.82, 2.24) is 0 Å². The van der Waals surface area contributed by atoms with Gasteiger partial charge in [-0.15, -0.1) is 0 Å². The molecule has 0 saturated carbocycles. The first-order chi connectivity index (χ1) is 12.2. The van der Waals surface area contributed by atoms with Crippen LogP contribution in [0.4, 0.5) is 5.69 Å². The summed E-state index contributed by atoms with van der Waals surface area (Å²) >= 11 is 0. The zero-order chi connectivity index (χ0) is 17.6. The Labute approximate surface area is 147 Å². The van der Waals surface area contributed by atoms with Crippen molar-refractivity contribution >= 4 is 11.6 Å².